The standard InChI is InChI=1S/C13H8BrF3N6O2S/c14-8-3-1-7(2-4-8)10-21-11(13(15,16)17)22-23(10)12-19-5-9(6-20-12)26(18,24)25/h1-6H,(H2,18,24,25). The predicted molar refractivity (Wildman–Crippen MR) is 86.5 cm³/mol. The third-order valence-electron chi connectivity index (χ3n) is 3.10. The highest BCUT2D eigenvalue weighted by Gasteiger charge is 2.37. The van der Waals surface area contributed by atoms with E-state index >= 15 is 0 Å². The molecule has 0 radical (unpaired) electrons. The first kappa shape index (κ1) is 18.4. The van der Waals surface area contributed by atoms with Crippen molar-refractivity contribution >= 4 is 26.0 Å². The summed E-state index contributed by atoms with van der Waals surface area (Å²) < 4.78 is 63.0. The van der Waals surface area contributed by atoms with Gasteiger partial charge in [0, 0.05) is 10.0 Å². The quantitative estimate of drug-likeness (QED) is 0.655. The Morgan fingerprint density at radius 1 is 1.08 bits per heavy atom. The van der Waals surface area contributed by atoms with Crippen LogP contribution in [0.15, 0.2) is 46.0 Å². The molecule has 0 bridgehead atoms. The van der Waals surface area contributed by atoms with Gasteiger partial charge in [-0.2, -0.15) is 17.9 Å². The maximum absolute atomic E-state index is 13.0. The lowest BCUT2D eigenvalue weighted by molar-refractivity contribution is -0.144. The molecular weight excluding hydrogens is 441 g/mol. The summed E-state index contributed by atoms with van der Waals surface area (Å²) in [5.74, 6) is -1.83. The lowest BCUT2D eigenvalue weighted by Crippen LogP contribution is -2.14. The number of hydrogen-bond donors (Lipinski definition) is 1. The molecule has 2 heterocycles. The smallest absolute Gasteiger partial charge is 0.225 e. The van der Waals surface area contributed by atoms with Crippen LogP contribution in [0.2, 0.25) is 0 Å². The van der Waals surface area contributed by atoms with E-state index in [1.54, 1.807) is 12.1 Å². The van der Waals surface area contributed by atoms with E-state index in [0.717, 1.165) is 21.5 Å². The minimum absolute atomic E-state index is 0.159. The second kappa shape index (κ2) is 6.41. The average molecular weight is 449 g/mol. The van der Waals surface area contributed by atoms with Crippen LogP contribution >= 0.6 is 15.9 Å². The highest BCUT2D eigenvalue weighted by molar-refractivity contribution is 9.10. The van der Waals surface area contributed by atoms with Gasteiger partial charge in [0.1, 0.15) is 4.90 Å². The fraction of sp³-hybridized carbons (Fsp3) is 0.0769. The Morgan fingerprint density at radius 2 is 1.65 bits per heavy atom. The van der Waals surface area contributed by atoms with Crippen molar-refractivity contribution in [2.75, 3.05) is 0 Å². The van der Waals surface area contributed by atoms with Gasteiger partial charge in [-0.1, -0.05) is 28.1 Å². The fourth-order valence-electron chi connectivity index (χ4n) is 1.92. The zero-order valence-corrected chi connectivity index (χ0v) is 14.9. The number of halogens is 4. The first-order valence-electron chi connectivity index (χ1n) is 6.71. The van der Waals surface area contributed by atoms with Gasteiger partial charge >= 0.3 is 6.18 Å². The highest BCUT2D eigenvalue weighted by atomic mass is 79.9. The van der Waals surface area contributed by atoms with Crippen molar-refractivity contribution in [3.63, 3.8) is 0 Å². The van der Waals surface area contributed by atoms with Gasteiger partial charge in [0.2, 0.25) is 10.0 Å². The maximum atomic E-state index is 13.0. The van der Waals surface area contributed by atoms with Gasteiger partial charge in [-0.25, -0.2) is 28.5 Å². The zero-order chi connectivity index (χ0) is 19.1. The minimum atomic E-state index is -4.78. The minimum Gasteiger partial charge on any atom is -0.225 e. The normalized spacial score (nSPS) is 12.3. The van der Waals surface area contributed by atoms with E-state index in [9.17, 15) is 21.6 Å². The molecule has 0 amide bonds. The summed E-state index contributed by atoms with van der Waals surface area (Å²) >= 11 is 3.23. The van der Waals surface area contributed by atoms with Gasteiger partial charge in [0.15, 0.2) is 5.82 Å². The number of sulfonamides is 1. The molecule has 0 atom stereocenters. The lowest BCUT2D eigenvalue weighted by Gasteiger charge is -2.05. The van der Waals surface area contributed by atoms with E-state index in [4.69, 9.17) is 5.14 Å². The number of benzene rings is 1. The molecule has 2 aromatic heterocycles. The molecule has 8 nitrogen and oxygen atoms in total. The van der Waals surface area contributed by atoms with Gasteiger partial charge in [0.25, 0.3) is 11.8 Å². The molecule has 0 fully saturated rings. The zero-order valence-electron chi connectivity index (χ0n) is 12.5. The molecule has 13 heteroatoms. The van der Waals surface area contributed by atoms with Gasteiger partial charge in [-0.3, -0.25) is 0 Å². The first-order valence-corrected chi connectivity index (χ1v) is 9.05. The predicted octanol–water partition coefficient (Wildman–Crippen LogP) is 2.15. The molecular formula is C13H8BrF3N6O2S. The molecule has 0 aliphatic heterocycles. The van der Waals surface area contributed by atoms with Crippen LogP contribution in [0.25, 0.3) is 17.3 Å². The molecule has 136 valence electrons. The number of primary sulfonamides is 1. The van der Waals surface area contributed by atoms with Gasteiger partial charge in [0.05, 0.1) is 12.4 Å². The summed E-state index contributed by atoms with van der Waals surface area (Å²) in [5, 5.41) is 8.35. The van der Waals surface area contributed by atoms with Crippen molar-refractivity contribution in [1.29, 1.82) is 0 Å². The van der Waals surface area contributed by atoms with Crippen LogP contribution in [0, 0.1) is 0 Å². The van der Waals surface area contributed by atoms with Crippen molar-refractivity contribution in [1.82, 2.24) is 24.7 Å². The van der Waals surface area contributed by atoms with Crippen molar-refractivity contribution in [2.45, 2.75) is 11.1 Å². The Balaban J connectivity index is 2.16. The number of rotatable bonds is 3. The van der Waals surface area contributed by atoms with Gasteiger partial charge < -0.3 is 0 Å². The fourth-order valence-corrected chi connectivity index (χ4v) is 2.59. The second-order valence-electron chi connectivity index (χ2n) is 4.94. The van der Waals surface area contributed by atoms with Crippen molar-refractivity contribution in [3.8, 4) is 17.3 Å². The molecule has 3 rings (SSSR count). The number of hydrogen-bond acceptors (Lipinski definition) is 6. The SMILES string of the molecule is NS(=O)(=O)c1cnc(-n2nc(C(F)(F)F)nc2-c2ccc(Br)cc2)nc1. The van der Waals surface area contributed by atoms with Crippen molar-refractivity contribution < 1.29 is 21.6 Å². The summed E-state index contributed by atoms with van der Waals surface area (Å²) in [6.45, 7) is 0. The number of nitrogens with two attached hydrogens (primary N) is 1. The Morgan fingerprint density at radius 3 is 2.15 bits per heavy atom. The van der Waals surface area contributed by atoms with Crippen molar-refractivity contribution in [2.24, 2.45) is 5.14 Å². The number of aromatic nitrogens is 5. The maximum Gasteiger partial charge on any atom is 0.453 e. The monoisotopic (exact) mass is 448 g/mol. The molecule has 0 aliphatic rings. The second-order valence-corrected chi connectivity index (χ2v) is 7.42. The molecule has 0 unspecified atom stereocenters. The molecule has 26 heavy (non-hydrogen) atoms. The molecule has 0 spiro atoms. The molecule has 1 aromatic carbocycles. The molecule has 2 N–H and O–H groups in total. The molecule has 3 aromatic rings. The van der Waals surface area contributed by atoms with Gasteiger partial charge in [-0.05, 0) is 12.1 Å². The third kappa shape index (κ3) is 3.73. The summed E-state index contributed by atoms with van der Waals surface area (Å²) in [6, 6.07) is 6.30. The largest absolute Gasteiger partial charge is 0.453 e. The van der Waals surface area contributed by atoms with Crippen molar-refractivity contribution in [3.05, 3.63) is 47.0 Å². The van der Waals surface area contributed by atoms with Crippen LogP contribution in [0.3, 0.4) is 0 Å². The topological polar surface area (TPSA) is 117 Å². The first-order chi connectivity index (χ1) is 12.1. The average Bonchev–Trinajstić information content (AvgIpc) is 3.00. The van der Waals surface area contributed by atoms with Crippen LogP contribution < -0.4 is 5.14 Å². The molecule has 0 saturated carbocycles. The van der Waals surface area contributed by atoms with E-state index in [1.165, 1.54) is 12.1 Å². The summed E-state index contributed by atoms with van der Waals surface area (Å²) in [7, 11) is -4.04. The Bertz CT molecular complexity index is 1050. The highest BCUT2D eigenvalue weighted by Crippen LogP contribution is 2.30. The van der Waals surface area contributed by atoms with Crippen LogP contribution in [0.4, 0.5) is 13.2 Å². The molecule has 0 saturated heterocycles. The van der Waals surface area contributed by atoms with Crippen LogP contribution in [0.1, 0.15) is 5.82 Å². The Kier molecular flexibility index (Phi) is 4.54. The van der Waals surface area contributed by atoms with Crippen LogP contribution in [-0.4, -0.2) is 33.2 Å². The number of alkyl halides is 3. The Hall–Kier alpha value is -2.38. The van der Waals surface area contributed by atoms with E-state index in [-0.39, 0.29) is 16.7 Å². The van der Waals surface area contributed by atoms with E-state index in [2.05, 4.69) is 36.0 Å². The van der Waals surface area contributed by atoms with E-state index in [1.807, 2.05) is 0 Å². The summed E-state index contributed by atoms with van der Waals surface area (Å²) in [4.78, 5) is 10.6. The summed E-state index contributed by atoms with van der Waals surface area (Å²) in [6.07, 6.45) is -3.04. The summed E-state index contributed by atoms with van der Waals surface area (Å²) in [5.41, 5.74) is 0.329. The number of nitrogens with zero attached hydrogens (tertiary/aromatic N) is 5. The molecule has 0 aliphatic carbocycles. The van der Waals surface area contributed by atoms with Crippen LogP contribution in [-0.2, 0) is 16.2 Å². The van der Waals surface area contributed by atoms with Gasteiger partial charge in [-0.15, -0.1) is 5.10 Å². The lowest BCUT2D eigenvalue weighted by atomic mass is 10.2. The Labute approximate surface area is 153 Å². The van der Waals surface area contributed by atoms with E-state index < -0.39 is 22.0 Å². The van der Waals surface area contributed by atoms with Crippen LogP contribution in [0.5, 0.6) is 0 Å². The third-order valence-corrected chi connectivity index (χ3v) is 4.49. The van der Waals surface area contributed by atoms with E-state index in [0.29, 0.717) is 5.56 Å².